The first-order chi connectivity index (χ1) is 9.42. The van der Waals surface area contributed by atoms with Crippen LogP contribution in [-0.2, 0) is 14.6 Å². The number of carbonyl (C=O) groups is 1. The van der Waals surface area contributed by atoms with Gasteiger partial charge in [0.2, 0.25) is 0 Å². The van der Waals surface area contributed by atoms with Crippen molar-refractivity contribution in [2.75, 3.05) is 25.4 Å². The molecule has 2 rings (SSSR count). The molecule has 7 heteroatoms. The topological polar surface area (TPSA) is 63.7 Å². The number of likely N-dealkylation sites (tertiary alicyclic amines) is 1. The molecule has 0 saturated carbocycles. The normalized spacial score (nSPS) is 15.8. The minimum absolute atomic E-state index is 0.0891. The van der Waals surface area contributed by atoms with Gasteiger partial charge in [0, 0.05) is 18.8 Å². The average molecular weight is 301 g/mol. The van der Waals surface area contributed by atoms with Crippen LogP contribution in [0.5, 0.6) is 5.75 Å². The van der Waals surface area contributed by atoms with Gasteiger partial charge in [-0.15, -0.1) is 0 Å². The summed E-state index contributed by atoms with van der Waals surface area (Å²) in [5, 5.41) is -0.456. The Morgan fingerprint density at radius 1 is 1.35 bits per heavy atom. The fraction of sp³-hybridized carbons (Fsp3) is 0.462. The summed E-state index contributed by atoms with van der Waals surface area (Å²) in [6, 6.07) is 5.35. The van der Waals surface area contributed by atoms with Crippen LogP contribution in [0.2, 0.25) is 0 Å². The maximum Gasteiger partial charge on any atom is 0.260 e. The lowest BCUT2D eigenvalue weighted by Crippen LogP contribution is -2.58. The maximum atomic E-state index is 12.7. The largest absolute Gasteiger partial charge is 0.484 e. The number of hydrogen-bond acceptors (Lipinski definition) is 4. The van der Waals surface area contributed by atoms with Gasteiger partial charge in [-0.1, -0.05) is 6.92 Å². The molecule has 1 aromatic rings. The summed E-state index contributed by atoms with van der Waals surface area (Å²) < 4.78 is 41.0. The molecule has 1 amide bonds. The maximum absolute atomic E-state index is 12.7. The van der Waals surface area contributed by atoms with Crippen molar-refractivity contribution < 1.29 is 22.3 Å². The van der Waals surface area contributed by atoms with Crippen molar-refractivity contribution in [1.82, 2.24) is 4.90 Å². The Morgan fingerprint density at radius 3 is 2.50 bits per heavy atom. The average Bonchev–Trinajstić information content (AvgIpc) is 2.36. The van der Waals surface area contributed by atoms with Gasteiger partial charge >= 0.3 is 0 Å². The molecule has 1 aliphatic rings. The van der Waals surface area contributed by atoms with E-state index in [2.05, 4.69) is 0 Å². The van der Waals surface area contributed by atoms with Crippen molar-refractivity contribution in [2.45, 2.75) is 12.2 Å². The SMILES string of the molecule is CCS(=O)(=O)C1CN(C(=O)COc2ccc(F)cc2)C1. The standard InChI is InChI=1S/C13H16FNO4S/c1-2-20(17,18)12-7-15(8-12)13(16)9-19-11-5-3-10(14)4-6-11/h3-6,12H,2,7-9H2,1H3. The second kappa shape index (κ2) is 5.78. The fourth-order valence-corrected chi connectivity index (χ4v) is 3.16. The first-order valence-corrected chi connectivity index (χ1v) is 8.01. The molecule has 0 radical (unpaired) electrons. The first-order valence-electron chi connectivity index (χ1n) is 6.30. The molecule has 0 bridgehead atoms. The van der Waals surface area contributed by atoms with Gasteiger partial charge in [-0.3, -0.25) is 4.79 Å². The first kappa shape index (κ1) is 14.8. The van der Waals surface area contributed by atoms with Crippen LogP contribution in [0.3, 0.4) is 0 Å². The summed E-state index contributed by atoms with van der Waals surface area (Å²) in [4.78, 5) is 13.2. The second-order valence-electron chi connectivity index (χ2n) is 4.61. The van der Waals surface area contributed by atoms with Gasteiger partial charge in [0.05, 0.1) is 5.25 Å². The molecule has 0 spiro atoms. The number of rotatable bonds is 5. The Labute approximate surface area is 117 Å². The van der Waals surface area contributed by atoms with E-state index in [1.54, 1.807) is 6.92 Å². The number of hydrogen-bond donors (Lipinski definition) is 0. The summed E-state index contributed by atoms with van der Waals surface area (Å²) in [6.07, 6.45) is 0. The summed E-state index contributed by atoms with van der Waals surface area (Å²) in [6.45, 7) is 1.87. The third-order valence-electron chi connectivity index (χ3n) is 3.29. The number of ether oxygens (including phenoxy) is 1. The summed E-state index contributed by atoms with van der Waals surface area (Å²) >= 11 is 0. The Morgan fingerprint density at radius 2 is 1.95 bits per heavy atom. The molecule has 1 heterocycles. The molecular weight excluding hydrogens is 285 g/mol. The molecule has 0 unspecified atom stereocenters. The smallest absolute Gasteiger partial charge is 0.260 e. The number of sulfone groups is 1. The number of nitrogens with zero attached hydrogens (tertiary/aromatic N) is 1. The summed E-state index contributed by atoms with van der Waals surface area (Å²) in [7, 11) is -3.08. The van der Waals surface area contributed by atoms with Gasteiger partial charge in [0.25, 0.3) is 5.91 Å². The molecule has 0 aliphatic carbocycles. The van der Waals surface area contributed by atoms with Crippen molar-refractivity contribution in [3.8, 4) is 5.75 Å². The van der Waals surface area contributed by atoms with E-state index in [9.17, 15) is 17.6 Å². The van der Waals surface area contributed by atoms with Gasteiger partial charge in [-0.05, 0) is 24.3 Å². The number of amides is 1. The van der Waals surface area contributed by atoms with Crippen molar-refractivity contribution >= 4 is 15.7 Å². The van der Waals surface area contributed by atoms with E-state index in [0.717, 1.165) is 0 Å². The van der Waals surface area contributed by atoms with E-state index < -0.39 is 15.1 Å². The zero-order chi connectivity index (χ0) is 14.8. The molecule has 110 valence electrons. The van der Waals surface area contributed by atoms with Crippen LogP contribution in [0.4, 0.5) is 4.39 Å². The van der Waals surface area contributed by atoms with E-state index in [4.69, 9.17) is 4.74 Å². The lowest BCUT2D eigenvalue weighted by molar-refractivity contribution is -0.136. The van der Waals surface area contributed by atoms with Crippen LogP contribution in [-0.4, -0.2) is 49.9 Å². The third-order valence-corrected chi connectivity index (χ3v) is 5.41. The van der Waals surface area contributed by atoms with Gasteiger partial charge < -0.3 is 9.64 Å². The molecule has 0 N–H and O–H groups in total. The Hall–Kier alpha value is -1.63. The Bertz CT molecular complexity index is 579. The van der Waals surface area contributed by atoms with Crippen LogP contribution in [0.25, 0.3) is 0 Å². The van der Waals surface area contributed by atoms with Gasteiger partial charge in [-0.25, -0.2) is 12.8 Å². The zero-order valence-electron chi connectivity index (χ0n) is 11.1. The predicted molar refractivity (Wildman–Crippen MR) is 71.7 cm³/mol. The van der Waals surface area contributed by atoms with E-state index in [1.165, 1.54) is 29.2 Å². The lowest BCUT2D eigenvalue weighted by atomic mass is 10.2. The molecule has 0 aromatic heterocycles. The monoisotopic (exact) mass is 301 g/mol. The second-order valence-corrected chi connectivity index (χ2v) is 7.18. The molecule has 1 aromatic carbocycles. The molecular formula is C13H16FNO4S. The highest BCUT2D eigenvalue weighted by atomic mass is 32.2. The highest BCUT2D eigenvalue weighted by molar-refractivity contribution is 7.92. The molecule has 20 heavy (non-hydrogen) atoms. The lowest BCUT2D eigenvalue weighted by Gasteiger charge is -2.38. The van der Waals surface area contributed by atoms with Crippen LogP contribution >= 0.6 is 0 Å². The van der Waals surface area contributed by atoms with Crippen molar-refractivity contribution in [3.63, 3.8) is 0 Å². The highest BCUT2D eigenvalue weighted by Gasteiger charge is 2.38. The van der Waals surface area contributed by atoms with Crippen LogP contribution < -0.4 is 4.74 Å². The van der Waals surface area contributed by atoms with Crippen LogP contribution in [0.15, 0.2) is 24.3 Å². The quantitative estimate of drug-likeness (QED) is 0.809. The molecule has 5 nitrogen and oxygen atoms in total. The third kappa shape index (κ3) is 3.27. The Kier molecular flexibility index (Phi) is 4.27. The predicted octanol–water partition coefficient (Wildman–Crippen LogP) is 0.850. The molecule has 1 aliphatic heterocycles. The van der Waals surface area contributed by atoms with Crippen LogP contribution in [0.1, 0.15) is 6.92 Å². The van der Waals surface area contributed by atoms with Gasteiger partial charge in [0.15, 0.2) is 16.4 Å². The van der Waals surface area contributed by atoms with Crippen molar-refractivity contribution in [2.24, 2.45) is 0 Å². The minimum atomic E-state index is -3.08. The van der Waals surface area contributed by atoms with E-state index in [1.807, 2.05) is 0 Å². The van der Waals surface area contributed by atoms with E-state index in [-0.39, 0.29) is 37.2 Å². The highest BCUT2D eigenvalue weighted by Crippen LogP contribution is 2.18. The Balaban J connectivity index is 1.79. The van der Waals surface area contributed by atoms with Gasteiger partial charge in [-0.2, -0.15) is 0 Å². The molecule has 1 saturated heterocycles. The van der Waals surface area contributed by atoms with Crippen molar-refractivity contribution in [3.05, 3.63) is 30.1 Å². The van der Waals surface area contributed by atoms with E-state index in [0.29, 0.717) is 5.75 Å². The van der Waals surface area contributed by atoms with Gasteiger partial charge in [0.1, 0.15) is 11.6 Å². The minimum Gasteiger partial charge on any atom is -0.484 e. The van der Waals surface area contributed by atoms with Crippen molar-refractivity contribution in [1.29, 1.82) is 0 Å². The fourth-order valence-electron chi connectivity index (χ4n) is 1.87. The number of benzene rings is 1. The number of halogens is 1. The molecule has 0 atom stereocenters. The van der Waals surface area contributed by atoms with Crippen LogP contribution in [0, 0.1) is 5.82 Å². The zero-order valence-corrected chi connectivity index (χ0v) is 11.9. The number of carbonyl (C=O) groups excluding carboxylic acids is 1. The summed E-state index contributed by atoms with van der Waals surface area (Å²) in [5.74, 6) is -0.153. The molecule has 1 fully saturated rings. The van der Waals surface area contributed by atoms with E-state index >= 15 is 0 Å². The summed E-state index contributed by atoms with van der Waals surface area (Å²) in [5.41, 5.74) is 0.